The van der Waals surface area contributed by atoms with Gasteiger partial charge in [-0.1, -0.05) is 12.8 Å². The number of nitrogens with zero attached hydrogens (tertiary/aromatic N) is 1. The van der Waals surface area contributed by atoms with E-state index in [0.717, 1.165) is 31.7 Å². The highest BCUT2D eigenvalue weighted by atomic mass is 19.3. The van der Waals surface area contributed by atoms with Gasteiger partial charge in [0.1, 0.15) is 0 Å². The van der Waals surface area contributed by atoms with E-state index in [-0.39, 0.29) is 29.0 Å². The van der Waals surface area contributed by atoms with Crippen molar-refractivity contribution in [1.29, 1.82) is 0 Å². The molecule has 0 spiro atoms. The first-order valence-corrected chi connectivity index (χ1v) is 6.57. The molecule has 2 atom stereocenters. The average Bonchev–Trinajstić information content (AvgIpc) is 2.41. The zero-order valence-corrected chi connectivity index (χ0v) is 10.9. The summed E-state index contributed by atoms with van der Waals surface area (Å²) >= 11 is 0. The van der Waals surface area contributed by atoms with Crippen LogP contribution in [0.4, 0.5) is 20.2 Å². The molecule has 20 heavy (non-hydrogen) atoms. The van der Waals surface area contributed by atoms with Crippen molar-refractivity contribution in [3.63, 3.8) is 0 Å². The second kappa shape index (κ2) is 6.13. The largest absolute Gasteiger partial charge is 0.380 e. The van der Waals surface area contributed by atoms with Gasteiger partial charge in [0.15, 0.2) is 0 Å². The summed E-state index contributed by atoms with van der Waals surface area (Å²) in [6, 6.07) is 3.33. The molecular weight excluding hydrogens is 268 g/mol. The van der Waals surface area contributed by atoms with Crippen LogP contribution in [-0.4, -0.2) is 17.0 Å². The molecule has 0 radical (unpaired) electrons. The molecule has 0 heterocycles. The Labute approximate surface area is 115 Å². The van der Waals surface area contributed by atoms with Crippen LogP contribution >= 0.6 is 0 Å². The van der Waals surface area contributed by atoms with Crippen molar-refractivity contribution in [3.8, 4) is 0 Å². The summed E-state index contributed by atoms with van der Waals surface area (Å²) in [6.45, 7) is 0. The predicted molar refractivity (Wildman–Crippen MR) is 71.9 cm³/mol. The van der Waals surface area contributed by atoms with Crippen LogP contribution in [0.25, 0.3) is 0 Å². The molecule has 7 heteroatoms. The fourth-order valence-corrected chi connectivity index (χ4v) is 2.51. The number of alkyl halides is 2. The lowest BCUT2D eigenvalue weighted by Gasteiger charge is -2.30. The molecule has 0 aromatic heterocycles. The minimum Gasteiger partial charge on any atom is -0.380 e. The second-order valence-electron chi connectivity index (χ2n) is 5.03. The zero-order valence-electron chi connectivity index (χ0n) is 10.9. The first-order chi connectivity index (χ1) is 9.49. The fraction of sp³-hybridized carbons (Fsp3) is 0.538. The smallest absolute Gasteiger partial charge is 0.270 e. The highest BCUT2D eigenvalue weighted by Crippen LogP contribution is 2.32. The molecule has 0 amide bonds. The number of halogens is 2. The molecule has 1 aromatic rings. The van der Waals surface area contributed by atoms with Gasteiger partial charge in [-0.15, -0.1) is 0 Å². The van der Waals surface area contributed by atoms with E-state index < -0.39 is 11.3 Å². The van der Waals surface area contributed by atoms with Crippen LogP contribution in [0.5, 0.6) is 0 Å². The maximum Gasteiger partial charge on any atom is 0.270 e. The molecule has 2 rings (SSSR count). The number of nitro groups is 1. The number of non-ortho nitro benzene ring substituents is 1. The summed E-state index contributed by atoms with van der Waals surface area (Å²) in [5, 5.41) is 13.7. The van der Waals surface area contributed by atoms with Gasteiger partial charge in [-0.25, -0.2) is 8.78 Å². The molecule has 3 N–H and O–H groups in total. The first kappa shape index (κ1) is 14.6. The van der Waals surface area contributed by atoms with Gasteiger partial charge in [-0.3, -0.25) is 10.1 Å². The Morgan fingerprint density at radius 3 is 2.65 bits per heavy atom. The number of nitro benzene ring substituents is 1. The van der Waals surface area contributed by atoms with Gasteiger partial charge in [0.05, 0.1) is 4.92 Å². The lowest BCUT2D eigenvalue weighted by atomic mass is 9.90. The van der Waals surface area contributed by atoms with Crippen LogP contribution in [0.15, 0.2) is 18.2 Å². The third-order valence-electron chi connectivity index (χ3n) is 3.64. The highest BCUT2D eigenvalue weighted by molar-refractivity contribution is 5.57. The van der Waals surface area contributed by atoms with Crippen LogP contribution in [0.2, 0.25) is 0 Å². The van der Waals surface area contributed by atoms with Crippen molar-refractivity contribution in [2.45, 2.75) is 44.2 Å². The second-order valence-corrected chi connectivity index (χ2v) is 5.03. The van der Waals surface area contributed by atoms with Crippen LogP contribution in [0.3, 0.4) is 0 Å². The quantitative estimate of drug-likeness (QED) is 0.657. The fourth-order valence-electron chi connectivity index (χ4n) is 2.51. The number of nitrogens with two attached hydrogens (primary N) is 1. The van der Waals surface area contributed by atoms with Gasteiger partial charge in [-0.2, -0.15) is 0 Å². The Hall–Kier alpha value is -1.76. The highest BCUT2D eigenvalue weighted by Gasteiger charge is 2.24. The molecular formula is C13H17F2N3O2. The standard InChI is InChI=1S/C13H17F2N3O2/c14-13(15)9-7-8(18(19)20)5-6-11(9)17-12-4-2-1-3-10(12)16/h5-7,10,12-13,17H,1-4,16H2. The van der Waals surface area contributed by atoms with Crippen molar-refractivity contribution in [2.24, 2.45) is 5.73 Å². The van der Waals surface area contributed by atoms with Crippen LogP contribution in [-0.2, 0) is 0 Å². The monoisotopic (exact) mass is 285 g/mol. The van der Waals surface area contributed by atoms with Crippen molar-refractivity contribution in [1.82, 2.24) is 0 Å². The molecule has 1 aliphatic carbocycles. The Kier molecular flexibility index (Phi) is 4.49. The normalized spacial score (nSPS) is 22.8. The summed E-state index contributed by atoms with van der Waals surface area (Å²) < 4.78 is 26.1. The molecule has 1 saturated carbocycles. The van der Waals surface area contributed by atoms with Crippen molar-refractivity contribution in [3.05, 3.63) is 33.9 Å². The lowest BCUT2D eigenvalue weighted by molar-refractivity contribution is -0.385. The Morgan fingerprint density at radius 1 is 1.35 bits per heavy atom. The van der Waals surface area contributed by atoms with E-state index in [4.69, 9.17) is 5.73 Å². The molecule has 110 valence electrons. The number of hydrogen-bond acceptors (Lipinski definition) is 4. The SMILES string of the molecule is NC1CCCCC1Nc1ccc([N+](=O)[O-])cc1C(F)F. The zero-order chi connectivity index (χ0) is 14.7. The van der Waals surface area contributed by atoms with E-state index in [1.54, 1.807) is 0 Å². The molecule has 0 bridgehead atoms. The van der Waals surface area contributed by atoms with Crippen molar-refractivity contribution in [2.75, 3.05) is 5.32 Å². The minimum absolute atomic E-state index is 0.0669. The Bertz CT molecular complexity index is 497. The third-order valence-corrected chi connectivity index (χ3v) is 3.64. The Morgan fingerprint density at radius 2 is 2.05 bits per heavy atom. The van der Waals surface area contributed by atoms with E-state index in [1.165, 1.54) is 12.1 Å². The van der Waals surface area contributed by atoms with Gasteiger partial charge < -0.3 is 11.1 Å². The number of nitrogens with one attached hydrogen (secondary N) is 1. The number of anilines is 1. The molecule has 1 aliphatic rings. The van der Waals surface area contributed by atoms with Crippen LogP contribution in [0, 0.1) is 10.1 Å². The molecule has 5 nitrogen and oxygen atoms in total. The first-order valence-electron chi connectivity index (χ1n) is 6.57. The van der Waals surface area contributed by atoms with E-state index >= 15 is 0 Å². The maximum atomic E-state index is 13.0. The van der Waals surface area contributed by atoms with E-state index in [0.29, 0.717) is 0 Å². The summed E-state index contributed by atoms with van der Waals surface area (Å²) in [5.41, 5.74) is 5.52. The molecule has 1 aromatic carbocycles. The third kappa shape index (κ3) is 3.22. The minimum atomic E-state index is -2.77. The predicted octanol–water partition coefficient (Wildman–Crippen LogP) is 3.21. The van der Waals surface area contributed by atoms with Gasteiger partial charge in [0.2, 0.25) is 0 Å². The Balaban J connectivity index is 2.24. The van der Waals surface area contributed by atoms with Gasteiger partial charge in [0.25, 0.3) is 12.1 Å². The lowest BCUT2D eigenvalue weighted by Crippen LogP contribution is -2.42. The van der Waals surface area contributed by atoms with Gasteiger partial charge in [0, 0.05) is 35.5 Å². The van der Waals surface area contributed by atoms with Crippen molar-refractivity contribution >= 4 is 11.4 Å². The number of hydrogen-bond donors (Lipinski definition) is 2. The molecule has 1 fully saturated rings. The summed E-state index contributed by atoms with van der Waals surface area (Å²) in [5.74, 6) is 0. The van der Waals surface area contributed by atoms with Gasteiger partial charge in [-0.05, 0) is 18.9 Å². The van der Waals surface area contributed by atoms with E-state index in [1.807, 2.05) is 0 Å². The summed E-state index contributed by atoms with van der Waals surface area (Å²) in [6.07, 6.45) is 0.955. The summed E-state index contributed by atoms with van der Waals surface area (Å²) in [7, 11) is 0. The average molecular weight is 285 g/mol. The van der Waals surface area contributed by atoms with Gasteiger partial charge >= 0.3 is 0 Å². The maximum absolute atomic E-state index is 13.0. The van der Waals surface area contributed by atoms with Crippen molar-refractivity contribution < 1.29 is 13.7 Å². The van der Waals surface area contributed by atoms with E-state index in [2.05, 4.69) is 5.32 Å². The van der Waals surface area contributed by atoms with Crippen LogP contribution in [0.1, 0.15) is 37.7 Å². The molecule has 2 unspecified atom stereocenters. The number of benzene rings is 1. The number of rotatable bonds is 4. The topological polar surface area (TPSA) is 81.2 Å². The van der Waals surface area contributed by atoms with E-state index in [9.17, 15) is 18.9 Å². The summed E-state index contributed by atoms with van der Waals surface area (Å²) in [4.78, 5) is 9.97. The molecule has 0 aliphatic heterocycles. The molecule has 0 saturated heterocycles. The van der Waals surface area contributed by atoms with Crippen LogP contribution < -0.4 is 11.1 Å².